The van der Waals surface area contributed by atoms with Crippen LogP contribution in [0.25, 0.3) is 0 Å². The van der Waals surface area contributed by atoms with Gasteiger partial charge in [0.05, 0.1) is 24.7 Å². The van der Waals surface area contributed by atoms with Gasteiger partial charge in [-0.15, -0.1) is 0 Å². The Kier molecular flexibility index (Phi) is 10.0. The maximum Gasteiger partial charge on any atom is 0.243 e. The maximum atomic E-state index is 12.6. The molecule has 1 heterocycles. The lowest BCUT2D eigenvalue weighted by Crippen LogP contribution is -2.40. The third-order valence-corrected chi connectivity index (χ3v) is 7.19. The van der Waals surface area contributed by atoms with Crippen LogP contribution in [-0.4, -0.2) is 82.6 Å². The largest absolute Gasteiger partial charge is 0.379 e. The van der Waals surface area contributed by atoms with Crippen molar-refractivity contribution in [2.24, 2.45) is 4.99 Å². The molecule has 0 aliphatic carbocycles. The number of benzene rings is 1. The minimum absolute atomic E-state index is 0.0868. The lowest BCUT2D eigenvalue weighted by Gasteiger charge is -2.26. The van der Waals surface area contributed by atoms with E-state index in [9.17, 15) is 8.42 Å². The molecule has 0 spiro atoms. The van der Waals surface area contributed by atoms with E-state index in [-0.39, 0.29) is 6.04 Å². The van der Waals surface area contributed by atoms with Gasteiger partial charge in [0.15, 0.2) is 5.96 Å². The third-order valence-electron chi connectivity index (χ3n) is 5.14. The second-order valence-electron chi connectivity index (χ2n) is 7.69. The number of nitrogens with zero attached hydrogens (tertiary/aromatic N) is 3. The first kappa shape index (κ1) is 24.6. The predicted molar refractivity (Wildman–Crippen MR) is 121 cm³/mol. The van der Waals surface area contributed by atoms with Crippen molar-refractivity contribution in [3.8, 4) is 0 Å². The molecule has 170 valence electrons. The fourth-order valence-electron chi connectivity index (χ4n) is 3.06. The minimum atomic E-state index is -3.46. The molecule has 0 atom stereocenters. The summed E-state index contributed by atoms with van der Waals surface area (Å²) in [5.74, 6) is 0.774. The van der Waals surface area contributed by atoms with Crippen molar-refractivity contribution in [1.82, 2.24) is 19.8 Å². The number of aliphatic imine (C=N–C) groups is 1. The van der Waals surface area contributed by atoms with E-state index in [1.54, 1.807) is 19.2 Å². The van der Waals surface area contributed by atoms with Crippen LogP contribution < -0.4 is 10.6 Å². The average Bonchev–Trinajstić information content (AvgIpc) is 2.75. The number of ether oxygens (including phenoxy) is 1. The van der Waals surface area contributed by atoms with E-state index in [4.69, 9.17) is 4.74 Å². The summed E-state index contributed by atoms with van der Waals surface area (Å²) in [5, 5.41) is 6.63. The Hall–Kier alpha value is -1.68. The lowest BCUT2D eigenvalue weighted by atomic mass is 10.2. The Bertz CT molecular complexity index is 759. The van der Waals surface area contributed by atoms with Crippen LogP contribution in [0.4, 0.5) is 0 Å². The summed E-state index contributed by atoms with van der Waals surface area (Å²) >= 11 is 0. The van der Waals surface area contributed by atoms with Crippen LogP contribution in [0.15, 0.2) is 34.2 Å². The quantitative estimate of drug-likeness (QED) is 0.326. The number of hydrogen-bond acceptors (Lipinski definition) is 5. The van der Waals surface area contributed by atoms with Crippen LogP contribution >= 0.6 is 0 Å². The van der Waals surface area contributed by atoms with Gasteiger partial charge in [-0.3, -0.25) is 4.90 Å². The fourth-order valence-corrected chi connectivity index (χ4v) is 4.42. The zero-order valence-corrected chi connectivity index (χ0v) is 19.5. The monoisotopic (exact) mass is 439 g/mol. The van der Waals surface area contributed by atoms with Gasteiger partial charge in [0, 0.05) is 39.3 Å². The Morgan fingerprint density at radius 2 is 1.87 bits per heavy atom. The first-order valence-corrected chi connectivity index (χ1v) is 12.2. The van der Waals surface area contributed by atoms with Gasteiger partial charge in [-0.05, 0) is 51.4 Å². The van der Waals surface area contributed by atoms with Gasteiger partial charge in [0.25, 0.3) is 0 Å². The van der Waals surface area contributed by atoms with Crippen LogP contribution in [-0.2, 0) is 21.3 Å². The van der Waals surface area contributed by atoms with Crippen molar-refractivity contribution in [3.05, 3.63) is 29.8 Å². The van der Waals surface area contributed by atoms with Crippen molar-refractivity contribution >= 4 is 16.0 Å². The van der Waals surface area contributed by atoms with Crippen molar-refractivity contribution < 1.29 is 13.2 Å². The molecule has 0 saturated carbocycles. The van der Waals surface area contributed by atoms with Gasteiger partial charge in [-0.2, -0.15) is 4.31 Å². The molecule has 0 bridgehead atoms. The van der Waals surface area contributed by atoms with E-state index in [0.29, 0.717) is 11.4 Å². The zero-order chi connectivity index (χ0) is 22.0. The van der Waals surface area contributed by atoms with Gasteiger partial charge in [0.2, 0.25) is 10.0 Å². The molecule has 1 aromatic rings. The number of sulfonamides is 1. The van der Waals surface area contributed by atoms with Crippen LogP contribution in [0.5, 0.6) is 0 Å². The van der Waals surface area contributed by atoms with Crippen LogP contribution in [0.1, 0.15) is 32.8 Å². The van der Waals surface area contributed by atoms with Crippen molar-refractivity contribution in [1.29, 1.82) is 0 Å². The molecule has 0 unspecified atom stereocenters. The Morgan fingerprint density at radius 1 is 1.20 bits per heavy atom. The highest BCUT2D eigenvalue weighted by molar-refractivity contribution is 7.89. The predicted octanol–water partition coefficient (Wildman–Crippen LogP) is 1.49. The van der Waals surface area contributed by atoms with Gasteiger partial charge < -0.3 is 15.4 Å². The summed E-state index contributed by atoms with van der Waals surface area (Å²) in [6.45, 7) is 12.6. The van der Waals surface area contributed by atoms with E-state index in [2.05, 4.69) is 20.5 Å². The van der Waals surface area contributed by atoms with E-state index in [0.717, 1.165) is 63.9 Å². The molecule has 0 amide bonds. The minimum Gasteiger partial charge on any atom is -0.379 e. The van der Waals surface area contributed by atoms with Crippen molar-refractivity contribution in [2.75, 3.05) is 53.0 Å². The lowest BCUT2D eigenvalue weighted by molar-refractivity contribution is 0.0376. The standard InChI is InChI=1S/C21H37N5O3S/c1-5-22-21(23-11-6-12-26-13-15-29-16-14-26)24-17-19-7-9-20(10-8-19)30(27,28)25(4)18(2)3/h7-10,18H,5-6,11-17H2,1-4H3,(H2,22,23,24). The number of hydrogen-bond donors (Lipinski definition) is 2. The van der Waals surface area contributed by atoms with E-state index in [1.165, 1.54) is 4.31 Å². The molecule has 1 aliphatic heterocycles. The summed E-state index contributed by atoms with van der Waals surface area (Å²) in [7, 11) is -1.86. The molecule has 1 fully saturated rings. The third kappa shape index (κ3) is 7.54. The Balaban J connectivity index is 1.87. The SMILES string of the molecule is CCNC(=NCc1ccc(S(=O)(=O)N(C)C(C)C)cc1)NCCCN1CCOCC1. The second kappa shape index (κ2) is 12.2. The van der Waals surface area contributed by atoms with Crippen LogP contribution in [0.2, 0.25) is 0 Å². The van der Waals surface area contributed by atoms with Gasteiger partial charge >= 0.3 is 0 Å². The molecule has 2 rings (SSSR count). The van der Waals surface area contributed by atoms with E-state index in [1.807, 2.05) is 32.9 Å². The molecule has 1 saturated heterocycles. The summed E-state index contributed by atoms with van der Waals surface area (Å²) in [6, 6.07) is 6.87. The van der Waals surface area contributed by atoms with E-state index < -0.39 is 10.0 Å². The van der Waals surface area contributed by atoms with Gasteiger partial charge in [-0.1, -0.05) is 12.1 Å². The molecular formula is C21H37N5O3S. The van der Waals surface area contributed by atoms with Crippen LogP contribution in [0.3, 0.4) is 0 Å². The number of rotatable bonds is 10. The highest BCUT2D eigenvalue weighted by Gasteiger charge is 2.22. The Morgan fingerprint density at radius 3 is 2.47 bits per heavy atom. The summed E-state index contributed by atoms with van der Waals surface area (Å²) in [4.78, 5) is 7.35. The number of morpholine rings is 1. The summed E-state index contributed by atoms with van der Waals surface area (Å²) < 4.78 is 31.9. The Labute approximate surface area is 181 Å². The fraction of sp³-hybridized carbons (Fsp3) is 0.667. The molecule has 1 aromatic carbocycles. The molecule has 1 aliphatic rings. The molecule has 0 radical (unpaired) electrons. The highest BCUT2D eigenvalue weighted by atomic mass is 32.2. The molecule has 30 heavy (non-hydrogen) atoms. The second-order valence-corrected chi connectivity index (χ2v) is 9.69. The molecular weight excluding hydrogens is 402 g/mol. The topological polar surface area (TPSA) is 86.3 Å². The first-order chi connectivity index (χ1) is 14.3. The highest BCUT2D eigenvalue weighted by Crippen LogP contribution is 2.17. The van der Waals surface area contributed by atoms with Gasteiger partial charge in [-0.25, -0.2) is 13.4 Å². The molecule has 2 N–H and O–H groups in total. The summed E-state index contributed by atoms with van der Waals surface area (Å²) in [6.07, 6.45) is 1.04. The van der Waals surface area contributed by atoms with Crippen LogP contribution in [0, 0.1) is 0 Å². The maximum absolute atomic E-state index is 12.6. The smallest absolute Gasteiger partial charge is 0.243 e. The molecule has 8 nitrogen and oxygen atoms in total. The normalized spacial score (nSPS) is 16.3. The van der Waals surface area contributed by atoms with Crippen molar-refractivity contribution in [3.63, 3.8) is 0 Å². The average molecular weight is 440 g/mol. The molecule has 0 aromatic heterocycles. The number of guanidine groups is 1. The first-order valence-electron chi connectivity index (χ1n) is 10.7. The van der Waals surface area contributed by atoms with Crippen molar-refractivity contribution in [2.45, 2.75) is 44.7 Å². The molecule has 9 heteroatoms. The zero-order valence-electron chi connectivity index (χ0n) is 18.7. The summed E-state index contributed by atoms with van der Waals surface area (Å²) in [5.41, 5.74) is 0.965. The number of nitrogens with one attached hydrogen (secondary N) is 2. The van der Waals surface area contributed by atoms with E-state index >= 15 is 0 Å². The van der Waals surface area contributed by atoms with Gasteiger partial charge in [0.1, 0.15) is 0 Å².